The van der Waals surface area contributed by atoms with Crippen molar-refractivity contribution in [3.8, 4) is 5.75 Å². The van der Waals surface area contributed by atoms with Crippen LogP contribution in [-0.4, -0.2) is 28.5 Å². The monoisotopic (exact) mass is 391 g/mol. The summed E-state index contributed by atoms with van der Waals surface area (Å²) in [6.45, 7) is 4.78. The lowest BCUT2D eigenvalue weighted by Crippen LogP contribution is -2.53. The smallest absolute Gasteiger partial charge is 0.254 e. The van der Waals surface area contributed by atoms with Gasteiger partial charge in [-0.1, -0.05) is 17.7 Å². The first-order chi connectivity index (χ1) is 12.6. The van der Waals surface area contributed by atoms with Gasteiger partial charge in [0, 0.05) is 11.1 Å². The first kappa shape index (κ1) is 19.3. The Kier molecular flexibility index (Phi) is 4.97. The molecule has 2 N–H and O–H groups in total. The summed E-state index contributed by atoms with van der Waals surface area (Å²) in [6, 6.07) is 8.02. The summed E-state index contributed by atoms with van der Waals surface area (Å²) < 4.78 is 20.0. The molecule has 1 aliphatic rings. The lowest BCUT2D eigenvalue weighted by Gasteiger charge is -2.42. The highest BCUT2D eigenvalue weighted by atomic mass is 35.5. The maximum atomic E-state index is 14.2. The number of Topliss-reactive ketones (excluding diaryl/α,β-unsaturated/α-hetero) is 1. The number of benzene rings is 2. The van der Waals surface area contributed by atoms with E-state index in [1.54, 1.807) is 32.0 Å². The molecular weight excluding hydrogens is 373 g/mol. The molecule has 1 amide bonds. The SMILES string of the molecule is CC(=O)c1ccc2c(c1)C(NC(=O)c1cccc(Cl)c1F)C(O)C(C)(C)O2. The zero-order chi connectivity index (χ0) is 19.9. The average molecular weight is 392 g/mol. The molecule has 2 aromatic rings. The van der Waals surface area contributed by atoms with Crippen LogP contribution in [0.15, 0.2) is 36.4 Å². The number of nitrogens with one attached hydrogen (secondary N) is 1. The molecule has 0 bridgehead atoms. The van der Waals surface area contributed by atoms with Crippen LogP contribution in [-0.2, 0) is 0 Å². The normalized spacial score (nSPS) is 20.4. The van der Waals surface area contributed by atoms with Crippen LogP contribution in [0.1, 0.15) is 53.1 Å². The second kappa shape index (κ2) is 6.94. The molecule has 3 rings (SSSR count). The van der Waals surface area contributed by atoms with Gasteiger partial charge in [-0.2, -0.15) is 0 Å². The third-order valence-corrected chi connectivity index (χ3v) is 4.93. The van der Waals surface area contributed by atoms with E-state index in [-0.39, 0.29) is 16.4 Å². The number of amides is 1. The summed E-state index contributed by atoms with van der Waals surface area (Å²) >= 11 is 5.75. The molecule has 2 aromatic carbocycles. The molecule has 0 aliphatic carbocycles. The van der Waals surface area contributed by atoms with Crippen LogP contribution in [0.3, 0.4) is 0 Å². The van der Waals surface area contributed by atoms with Crippen molar-refractivity contribution in [1.82, 2.24) is 5.32 Å². The highest BCUT2D eigenvalue weighted by molar-refractivity contribution is 6.31. The second-order valence-electron chi connectivity index (χ2n) is 7.01. The molecule has 0 aromatic heterocycles. The van der Waals surface area contributed by atoms with Gasteiger partial charge in [-0.15, -0.1) is 0 Å². The van der Waals surface area contributed by atoms with Crippen LogP contribution < -0.4 is 10.1 Å². The predicted octanol–water partition coefficient (Wildman–Crippen LogP) is 3.68. The van der Waals surface area contributed by atoms with Gasteiger partial charge in [0.25, 0.3) is 5.91 Å². The molecule has 27 heavy (non-hydrogen) atoms. The molecule has 142 valence electrons. The van der Waals surface area contributed by atoms with Crippen LogP contribution in [0.2, 0.25) is 5.02 Å². The highest BCUT2D eigenvalue weighted by Gasteiger charge is 2.44. The van der Waals surface area contributed by atoms with Gasteiger partial charge in [-0.3, -0.25) is 9.59 Å². The van der Waals surface area contributed by atoms with E-state index in [0.29, 0.717) is 16.9 Å². The number of halogens is 2. The fourth-order valence-electron chi connectivity index (χ4n) is 3.07. The molecular formula is C20H19ClFNO4. The van der Waals surface area contributed by atoms with E-state index in [1.807, 2.05) is 0 Å². The van der Waals surface area contributed by atoms with Crippen molar-refractivity contribution in [3.63, 3.8) is 0 Å². The van der Waals surface area contributed by atoms with Crippen LogP contribution >= 0.6 is 11.6 Å². The lowest BCUT2D eigenvalue weighted by atomic mass is 9.85. The van der Waals surface area contributed by atoms with Crippen molar-refractivity contribution in [2.24, 2.45) is 0 Å². The number of carbonyl (C=O) groups excluding carboxylic acids is 2. The summed E-state index contributed by atoms with van der Waals surface area (Å²) in [7, 11) is 0. The maximum absolute atomic E-state index is 14.2. The van der Waals surface area contributed by atoms with Gasteiger partial charge in [0.15, 0.2) is 11.6 Å². The number of rotatable bonds is 3. The standard InChI is InChI=1S/C20H19ClFNO4/c1-10(24)11-7-8-15-13(9-11)17(18(25)20(2,3)27-15)23-19(26)12-5-4-6-14(21)16(12)22/h4-9,17-18,25H,1-3H3,(H,23,26). The second-order valence-corrected chi connectivity index (χ2v) is 7.42. The number of ether oxygens (including phenoxy) is 1. The van der Waals surface area contributed by atoms with Gasteiger partial charge in [0.05, 0.1) is 16.6 Å². The molecule has 7 heteroatoms. The minimum Gasteiger partial charge on any atom is -0.485 e. The Labute approximate surface area is 161 Å². The van der Waals surface area contributed by atoms with Crippen molar-refractivity contribution < 1.29 is 23.8 Å². The van der Waals surface area contributed by atoms with Gasteiger partial charge in [0.2, 0.25) is 0 Å². The summed E-state index contributed by atoms with van der Waals surface area (Å²) in [5.74, 6) is -1.29. The molecule has 1 heterocycles. The quantitative estimate of drug-likeness (QED) is 0.782. The van der Waals surface area contributed by atoms with Crippen LogP contribution in [0.25, 0.3) is 0 Å². The van der Waals surface area contributed by atoms with Gasteiger partial charge in [-0.05, 0) is 51.1 Å². The van der Waals surface area contributed by atoms with E-state index in [1.165, 1.54) is 25.1 Å². The van der Waals surface area contributed by atoms with E-state index in [0.717, 1.165) is 0 Å². The number of ketones is 1. The summed E-state index contributed by atoms with van der Waals surface area (Å²) in [5, 5.41) is 13.2. The molecule has 2 atom stereocenters. The first-order valence-corrected chi connectivity index (χ1v) is 8.76. The zero-order valence-corrected chi connectivity index (χ0v) is 15.8. The fraction of sp³-hybridized carbons (Fsp3) is 0.300. The number of aliphatic hydroxyl groups is 1. The average Bonchev–Trinajstić information content (AvgIpc) is 2.60. The Morgan fingerprint density at radius 1 is 1.26 bits per heavy atom. The topological polar surface area (TPSA) is 75.6 Å². The summed E-state index contributed by atoms with van der Waals surface area (Å²) in [4.78, 5) is 24.4. The number of fused-ring (bicyclic) bond motifs is 1. The third kappa shape index (κ3) is 3.55. The first-order valence-electron chi connectivity index (χ1n) is 8.38. The minimum atomic E-state index is -1.13. The number of hydrogen-bond acceptors (Lipinski definition) is 4. The molecule has 5 nitrogen and oxygen atoms in total. The predicted molar refractivity (Wildman–Crippen MR) is 98.8 cm³/mol. The minimum absolute atomic E-state index is 0.164. The fourth-order valence-corrected chi connectivity index (χ4v) is 3.25. The van der Waals surface area contributed by atoms with Crippen LogP contribution in [0, 0.1) is 5.82 Å². The van der Waals surface area contributed by atoms with Crippen LogP contribution in [0.4, 0.5) is 4.39 Å². The molecule has 1 aliphatic heterocycles. The van der Waals surface area contributed by atoms with Crippen molar-refractivity contribution in [1.29, 1.82) is 0 Å². The van der Waals surface area contributed by atoms with Gasteiger partial charge >= 0.3 is 0 Å². The largest absolute Gasteiger partial charge is 0.485 e. The Morgan fingerprint density at radius 3 is 2.63 bits per heavy atom. The van der Waals surface area contributed by atoms with Gasteiger partial charge < -0.3 is 15.2 Å². The third-order valence-electron chi connectivity index (χ3n) is 4.64. The van der Waals surface area contributed by atoms with Crippen molar-refractivity contribution in [2.75, 3.05) is 0 Å². The van der Waals surface area contributed by atoms with Crippen molar-refractivity contribution in [2.45, 2.75) is 38.5 Å². The molecule has 0 saturated carbocycles. The van der Waals surface area contributed by atoms with Crippen molar-refractivity contribution in [3.05, 3.63) is 63.9 Å². The molecule has 0 saturated heterocycles. The van der Waals surface area contributed by atoms with E-state index in [2.05, 4.69) is 5.32 Å². The Bertz CT molecular complexity index is 928. The van der Waals surface area contributed by atoms with Crippen LogP contribution in [0.5, 0.6) is 5.75 Å². The highest BCUT2D eigenvalue weighted by Crippen LogP contribution is 2.40. The molecule has 0 spiro atoms. The lowest BCUT2D eigenvalue weighted by molar-refractivity contribution is -0.0627. The molecule has 0 fully saturated rings. The van der Waals surface area contributed by atoms with Gasteiger partial charge in [0.1, 0.15) is 17.5 Å². The number of aliphatic hydroxyl groups excluding tert-OH is 1. The summed E-state index contributed by atoms with van der Waals surface area (Å²) in [5.41, 5.74) is -0.374. The molecule has 0 radical (unpaired) electrons. The van der Waals surface area contributed by atoms with E-state index in [9.17, 15) is 19.1 Å². The Morgan fingerprint density at radius 2 is 1.96 bits per heavy atom. The summed E-state index contributed by atoms with van der Waals surface area (Å²) in [6.07, 6.45) is -1.13. The van der Waals surface area contributed by atoms with E-state index < -0.39 is 29.5 Å². The Balaban J connectivity index is 2.03. The maximum Gasteiger partial charge on any atom is 0.254 e. The number of hydrogen-bond donors (Lipinski definition) is 2. The molecule has 2 unspecified atom stereocenters. The van der Waals surface area contributed by atoms with Gasteiger partial charge in [-0.25, -0.2) is 4.39 Å². The van der Waals surface area contributed by atoms with Crippen molar-refractivity contribution >= 4 is 23.3 Å². The number of carbonyl (C=O) groups is 2. The zero-order valence-electron chi connectivity index (χ0n) is 15.0. The Hall–Kier alpha value is -2.44. The van der Waals surface area contributed by atoms with E-state index in [4.69, 9.17) is 16.3 Å². The van der Waals surface area contributed by atoms with E-state index >= 15 is 0 Å².